The van der Waals surface area contributed by atoms with E-state index in [-0.39, 0.29) is 5.56 Å². The number of hydrogen-bond acceptors (Lipinski definition) is 3. The van der Waals surface area contributed by atoms with Crippen LogP contribution in [0.1, 0.15) is 36.7 Å². The van der Waals surface area contributed by atoms with Crippen LogP contribution in [-0.4, -0.2) is 22.6 Å². The van der Waals surface area contributed by atoms with Crippen molar-refractivity contribution < 1.29 is 0 Å². The molecule has 3 heterocycles. The summed E-state index contributed by atoms with van der Waals surface area (Å²) in [5.74, 6) is 1.49. The SMILES string of the molecule is O=c1cc(C2CCCNC2)n2c(n1)CCC2. The Morgan fingerprint density at radius 1 is 1.44 bits per heavy atom. The molecular weight excluding hydrogens is 202 g/mol. The van der Waals surface area contributed by atoms with Crippen molar-refractivity contribution in [2.75, 3.05) is 13.1 Å². The highest BCUT2D eigenvalue weighted by Gasteiger charge is 2.22. The summed E-state index contributed by atoms with van der Waals surface area (Å²) in [6.07, 6.45) is 4.49. The van der Waals surface area contributed by atoms with Gasteiger partial charge in [0, 0.05) is 37.2 Å². The molecule has 86 valence electrons. The maximum atomic E-state index is 11.5. The van der Waals surface area contributed by atoms with E-state index in [4.69, 9.17) is 0 Å². The van der Waals surface area contributed by atoms with Gasteiger partial charge in [-0.05, 0) is 25.8 Å². The predicted octanol–water partition coefficient (Wildman–Crippen LogP) is 0.656. The van der Waals surface area contributed by atoms with Crippen molar-refractivity contribution in [3.8, 4) is 0 Å². The first-order valence-electron chi connectivity index (χ1n) is 6.16. The lowest BCUT2D eigenvalue weighted by Crippen LogP contribution is -2.31. The molecule has 0 bridgehead atoms. The third-order valence-electron chi connectivity index (χ3n) is 3.63. The summed E-state index contributed by atoms with van der Waals surface area (Å²) >= 11 is 0. The van der Waals surface area contributed by atoms with Gasteiger partial charge in [-0.15, -0.1) is 0 Å². The molecule has 0 amide bonds. The van der Waals surface area contributed by atoms with Gasteiger partial charge in [-0.25, -0.2) is 0 Å². The van der Waals surface area contributed by atoms with E-state index in [0.29, 0.717) is 5.92 Å². The van der Waals surface area contributed by atoms with Gasteiger partial charge in [0.1, 0.15) is 5.82 Å². The summed E-state index contributed by atoms with van der Waals surface area (Å²) in [5, 5.41) is 3.41. The second-order valence-electron chi connectivity index (χ2n) is 4.73. The fourth-order valence-corrected chi connectivity index (χ4v) is 2.86. The van der Waals surface area contributed by atoms with Crippen LogP contribution in [0, 0.1) is 0 Å². The number of hydrogen-bond donors (Lipinski definition) is 1. The Bertz CT molecular complexity index is 446. The Morgan fingerprint density at radius 3 is 3.19 bits per heavy atom. The number of fused-ring (bicyclic) bond motifs is 1. The van der Waals surface area contributed by atoms with Crippen molar-refractivity contribution in [2.45, 2.75) is 38.1 Å². The summed E-state index contributed by atoms with van der Waals surface area (Å²) in [7, 11) is 0. The fraction of sp³-hybridized carbons (Fsp3) is 0.667. The zero-order valence-corrected chi connectivity index (χ0v) is 9.41. The van der Waals surface area contributed by atoms with Crippen LogP contribution in [0.3, 0.4) is 0 Å². The van der Waals surface area contributed by atoms with E-state index in [0.717, 1.165) is 38.3 Å². The van der Waals surface area contributed by atoms with E-state index >= 15 is 0 Å². The average molecular weight is 219 g/mol. The van der Waals surface area contributed by atoms with Gasteiger partial charge >= 0.3 is 0 Å². The largest absolute Gasteiger partial charge is 0.333 e. The maximum Gasteiger partial charge on any atom is 0.273 e. The standard InChI is InChI=1S/C12H17N3O/c16-12-7-10(9-3-1-5-13-8-9)15-6-2-4-11(15)14-12/h7,9,13H,1-6,8H2. The van der Waals surface area contributed by atoms with E-state index in [9.17, 15) is 4.79 Å². The molecule has 0 aliphatic carbocycles. The van der Waals surface area contributed by atoms with Crippen LogP contribution in [0.25, 0.3) is 0 Å². The highest BCUT2D eigenvalue weighted by Crippen LogP contribution is 2.25. The first-order valence-corrected chi connectivity index (χ1v) is 6.16. The molecule has 0 spiro atoms. The molecule has 0 radical (unpaired) electrons. The highest BCUT2D eigenvalue weighted by atomic mass is 16.1. The molecule has 1 fully saturated rings. The number of piperidine rings is 1. The van der Waals surface area contributed by atoms with Crippen LogP contribution in [0.4, 0.5) is 0 Å². The Morgan fingerprint density at radius 2 is 2.38 bits per heavy atom. The quantitative estimate of drug-likeness (QED) is 0.754. The van der Waals surface area contributed by atoms with Crippen LogP contribution in [0.5, 0.6) is 0 Å². The second kappa shape index (κ2) is 4.01. The average Bonchev–Trinajstić information content (AvgIpc) is 2.77. The highest BCUT2D eigenvalue weighted by molar-refractivity contribution is 5.15. The van der Waals surface area contributed by atoms with Crippen LogP contribution in [-0.2, 0) is 13.0 Å². The van der Waals surface area contributed by atoms with Crippen molar-refractivity contribution >= 4 is 0 Å². The van der Waals surface area contributed by atoms with Crippen LogP contribution < -0.4 is 10.9 Å². The molecule has 1 atom stereocenters. The van der Waals surface area contributed by atoms with E-state index in [1.165, 1.54) is 18.5 Å². The Hall–Kier alpha value is -1.16. The third-order valence-corrected chi connectivity index (χ3v) is 3.63. The number of nitrogens with one attached hydrogen (secondary N) is 1. The van der Waals surface area contributed by atoms with E-state index in [1.54, 1.807) is 6.07 Å². The maximum absolute atomic E-state index is 11.5. The first-order chi connectivity index (χ1) is 7.84. The van der Waals surface area contributed by atoms with Gasteiger partial charge in [-0.2, -0.15) is 4.98 Å². The normalized spacial score (nSPS) is 24.4. The molecule has 3 rings (SSSR count). The van der Waals surface area contributed by atoms with Gasteiger partial charge < -0.3 is 9.88 Å². The van der Waals surface area contributed by atoms with Crippen molar-refractivity contribution in [3.63, 3.8) is 0 Å². The number of aryl methyl sites for hydroxylation is 1. The molecule has 1 unspecified atom stereocenters. The Kier molecular flexibility index (Phi) is 2.52. The van der Waals surface area contributed by atoms with Crippen molar-refractivity contribution in [1.82, 2.24) is 14.9 Å². The molecule has 4 nitrogen and oxygen atoms in total. The minimum Gasteiger partial charge on any atom is -0.333 e. The molecule has 16 heavy (non-hydrogen) atoms. The van der Waals surface area contributed by atoms with Gasteiger partial charge in [-0.3, -0.25) is 4.79 Å². The lowest BCUT2D eigenvalue weighted by molar-refractivity contribution is 0.438. The Balaban J connectivity index is 2.02. The molecule has 0 aromatic carbocycles. The molecular formula is C12H17N3O. The topological polar surface area (TPSA) is 46.9 Å². The molecule has 1 aromatic heterocycles. The first kappa shape index (κ1) is 10.0. The predicted molar refractivity (Wildman–Crippen MR) is 61.7 cm³/mol. The molecule has 2 aliphatic heterocycles. The summed E-state index contributed by atoms with van der Waals surface area (Å²) in [5.41, 5.74) is 1.15. The van der Waals surface area contributed by atoms with Gasteiger partial charge in [0.05, 0.1) is 0 Å². The number of rotatable bonds is 1. The van der Waals surface area contributed by atoms with E-state index in [2.05, 4.69) is 14.9 Å². The monoisotopic (exact) mass is 219 g/mol. The summed E-state index contributed by atoms with van der Waals surface area (Å²) in [4.78, 5) is 15.6. The smallest absolute Gasteiger partial charge is 0.273 e. The van der Waals surface area contributed by atoms with E-state index < -0.39 is 0 Å². The molecule has 0 saturated carbocycles. The molecule has 1 saturated heterocycles. The second-order valence-corrected chi connectivity index (χ2v) is 4.73. The van der Waals surface area contributed by atoms with Gasteiger partial charge in [0.15, 0.2) is 0 Å². The zero-order chi connectivity index (χ0) is 11.0. The molecule has 1 aromatic rings. The van der Waals surface area contributed by atoms with Crippen molar-refractivity contribution in [3.05, 3.63) is 27.9 Å². The van der Waals surface area contributed by atoms with Crippen LogP contribution in [0.15, 0.2) is 10.9 Å². The summed E-state index contributed by atoms with van der Waals surface area (Å²) in [6.45, 7) is 3.15. The lowest BCUT2D eigenvalue weighted by atomic mass is 9.95. The van der Waals surface area contributed by atoms with Crippen molar-refractivity contribution in [2.24, 2.45) is 0 Å². The minimum atomic E-state index is -0.0614. The molecule has 4 heteroatoms. The zero-order valence-electron chi connectivity index (χ0n) is 9.41. The minimum absolute atomic E-state index is 0.0614. The lowest BCUT2D eigenvalue weighted by Gasteiger charge is -2.25. The van der Waals surface area contributed by atoms with Crippen LogP contribution in [0.2, 0.25) is 0 Å². The fourth-order valence-electron chi connectivity index (χ4n) is 2.86. The summed E-state index contributed by atoms with van der Waals surface area (Å²) in [6, 6.07) is 1.74. The molecule has 1 N–H and O–H groups in total. The van der Waals surface area contributed by atoms with Gasteiger partial charge in [0.25, 0.3) is 5.56 Å². The van der Waals surface area contributed by atoms with Gasteiger partial charge in [0.2, 0.25) is 0 Å². The van der Waals surface area contributed by atoms with Crippen molar-refractivity contribution in [1.29, 1.82) is 0 Å². The summed E-state index contributed by atoms with van der Waals surface area (Å²) < 4.78 is 2.26. The van der Waals surface area contributed by atoms with Crippen LogP contribution >= 0.6 is 0 Å². The molecule has 2 aliphatic rings. The third kappa shape index (κ3) is 1.67. The van der Waals surface area contributed by atoms with E-state index in [1.807, 2.05) is 0 Å². The Labute approximate surface area is 94.7 Å². The van der Waals surface area contributed by atoms with Gasteiger partial charge in [-0.1, -0.05) is 0 Å². The number of nitrogens with zero attached hydrogens (tertiary/aromatic N) is 2. The number of aromatic nitrogens is 2.